The molecule has 0 aliphatic heterocycles. The highest BCUT2D eigenvalue weighted by molar-refractivity contribution is 5.78. The molecular formula is C15H12F3N3O. The van der Waals surface area contributed by atoms with Crippen molar-refractivity contribution >= 4 is 17.0 Å². The van der Waals surface area contributed by atoms with Gasteiger partial charge in [-0.15, -0.1) is 0 Å². The number of halogens is 3. The lowest BCUT2D eigenvalue weighted by atomic mass is 10.1. The van der Waals surface area contributed by atoms with Gasteiger partial charge in [0.15, 0.2) is 5.95 Å². The predicted molar refractivity (Wildman–Crippen MR) is 76.3 cm³/mol. The second-order valence-electron chi connectivity index (χ2n) is 4.78. The van der Waals surface area contributed by atoms with Crippen molar-refractivity contribution in [3.63, 3.8) is 0 Å². The van der Waals surface area contributed by atoms with Gasteiger partial charge < -0.3 is 15.5 Å². The molecule has 2 aromatic carbocycles. The smallest absolute Gasteiger partial charge is 0.416 e. The average molecular weight is 307 g/mol. The van der Waals surface area contributed by atoms with Gasteiger partial charge in [-0.2, -0.15) is 13.2 Å². The third-order valence-electron chi connectivity index (χ3n) is 3.16. The molecule has 0 bridgehead atoms. The zero-order valence-electron chi connectivity index (χ0n) is 11.3. The molecule has 3 aromatic rings. The van der Waals surface area contributed by atoms with E-state index in [1.165, 1.54) is 12.1 Å². The van der Waals surface area contributed by atoms with E-state index in [4.69, 9.17) is 10.5 Å². The second-order valence-corrected chi connectivity index (χ2v) is 4.78. The number of alkyl halides is 3. The number of benzene rings is 2. The van der Waals surface area contributed by atoms with Gasteiger partial charge in [0.2, 0.25) is 0 Å². The first-order valence-corrected chi connectivity index (χ1v) is 6.46. The number of nitrogens with one attached hydrogen (secondary N) is 1. The molecule has 0 amide bonds. The van der Waals surface area contributed by atoms with Crippen LogP contribution >= 0.6 is 0 Å². The fourth-order valence-electron chi connectivity index (χ4n) is 2.05. The van der Waals surface area contributed by atoms with E-state index in [1.54, 1.807) is 18.2 Å². The summed E-state index contributed by atoms with van der Waals surface area (Å²) < 4.78 is 43.0. The topological polar surface area (TPSA) is 63.9 Å². The molecule has 0 saturated carbocycles. The Morgan fingerprint density at radius 3 is 2.50 bits per heavy atom. The van der Waals surface area contributed by atoms with Gasteiger partial charge in [-0.25, -0.2) is 4.98 Å². The third-order valence-corrected chi connectivity index (χ3v) is 3.16. The lowest BCUT2D eigenvalue weighted by Gasteiger charge is -2.09. The van der Waals surface area contributed by atoms with Crippen LogP contribution in [-0.2, 0) is 12.8 Å². The molecule has 3 rings (SSSR count). The molecule has 0 fully saturated rings. The highest BCUT2D eigenvalue weighted by Gasteiger charge is 2.29. The molecule has 1 aromatic heterocycles. The Morgan fingerprint density at radius 1 is 1.09 bits per heavy atom. The summed E-state index contributed by atoms with van der Waals surface area (Å²) in [4.78, 5) is 6.97. The lowest BCUT2D eigenvalue weighted by molar-refractivity contribution is -0.137. The molecule has 0 radical (unpaired) electrons. The Morgan fingerprint density at radius 2 is 1.82 bits per heavy atom. The first-order chi connectivity index (χ1) is 10.4. The van der Waals surface area contributed by atoms with Crippen LogP contribution in [0.1, 0.15) is 11.1 Å². The minimum Gasteiger partial charge on any atom is -0.489 e. The summed E-state index contributed by atoms with van der Waals surface area (Å²) >= 11 is 0. The van der Waals surface area contributed by atoms with E-state index >= 15 is 0 Å². The molecular weight excluding hydrogens is 295 g/mol. The van der Waals surface area contributed by atoms with Gasteiger partial charge in [-0.1, -0.05) is 12.1 Å². The number of rotatable bonds is 3. The number of aromatic nitrogens is 2. The van der Waals surface area contributed by atoms with Gasteiger partial charge in [-0.05, 0) is 29.8 Å². The number of H-pyrrole nitrogens is 1. The minimum absolute atomic E-state index is 0.170. The molecule has 22 heavy (non-hydrogen) atoms. The van der Waals surface area contributed by atoms with E-state index in [9.17, 15) is 13.2 Å². The lowest BCUT2D eigenvalue weighted by Crippen LogP contribution is -2.05. The van der Waals surface area contributed by atoms with Crippen LogP contribution in [0.25, 0.3) is 11.0 Å². The van der Waals surface area contributed by atoms with Crippen molar-refractivity contribution in [2.45, 2.75) is 12.8 Å². The normalized spacial score (nSPS) is 11.8. The molecule has 0 aliphatic rings. The van der Waals surface area contributed by atoms with Gasteiger partial charge in [0.05, 0.1) is 16.6 Å². The zero-order valence-corrected chi connectivity index (χ0v) is 11.3. The number of nitrogen functional groups attached to an aromatic ring is 1. The number of nitrogens with zero attached hydrogens (tertiary/aromatic N) is 1. The molecule has 4 nitrogen and oxygen atoms in total. The van der Waals surface area contributed by atoms with E-state index in [-0.39, 0.29) is 6.61 Å². The average Bonchev–Trinajstić information content (AvgIpc) is 2.84. The molecule has 0 saturated heterocycles. The Bertz CT molecular complexity index is 794. The van der Waals surface area contributed by atoms with E-state index in [0.29, 0.717) is 22.8 Å². The van der Waals surface area contributed by atoms with Crippen molar-refractivity contribution in [3.8, 4) is 5.75 Å². The zero-order chi connectivity index (χ0) is 15.7. The summed E-state index contributed by atoms with van der Waals surface area (Å²) in [5.41, 5.74) is 6.99. The third kappa shape index (κ3) is 2.98. The van der Waals surface area contributed by atoms with E-state index in [1.807, 2.05) is 0 Å². The number of hydrogen-bond acceptors (Lipinski definition) is 3. The summed E-state index contributed by atoms with van der Waals surface area (Å²) in [6, 6.07) is 10.1. The van der Waals surface area contributed by atoms with E-state index < -0.39 is 11.7 Å². The quantitative estimate of drug-likeness (QED) is 0.774. The van der Waals surface area contributed by atoms with Crippen LogP contribution in [0.3, 0.4) is 0 Å². The Kier molecular flexibility index (Phi) is 3.40. The standard InChI is InChI=1S/C15H12F3N3O/c16-15(17,18)10-3-1-9(2-4-10)8-22-11-5-6-12-13(7-11)21-14(19)20-12/h1-7H,8H2,(H3,19,20,21). The summed E-state index contributed by atoms with van der Waals surface area (Å²) in [6.07, 6.45) is -4.33. The van der Waals surface area contributed by atoms with Gasteiger partial charge in [0.1, 0.15) is 12.4 Å². The highest BCUT2D eigenvalue weighted by Crippen LogP contribution is 2.29. The molecule has 0 spiro atoms. The van der Waals surface area contributed by atoms with Gasteiger partial charge >= 0.3 is 6.18 Å². The molecule has 7 heteroatoms. The van der Waals surface area contributed by atoms with Crippen molar-refractivity contribution in [2.75, 3.05) is 5.73 Å². The first kappa shape index (κ1) is 14.2. The summed E-state index contributed by atoms with van der Waals surface area (Å²) in [7, 11) is 0. The van der Waals surface area contributed by atoms with Gasteiger partial charge in [-0.3, -0.25) is 0 Å². The Balaban J connectivity index is 1.70. The maximum atomic E-state index is 12.5. The van der Waals surface area contributed by atoms with Crippen molar-refractivity contribution in [1.29, 1.82) is 0 Å². The number of ether oxygens (including phenoxy) is 1. The number of anilines is 1. The molecule has 1 heterocycles. The Hall–Kier alpha value is -2.70. The largest absolute Gasteiger partial charge is 0.489 e. The molecule has 3 N–H and O–H groups in total. The number of nitrogens with two attached hydrogens (primary N) is 1. The number of aromatic amines is 1. The van der Waals surface area contributed by atoms with E-state index in [2.05, 4.69) is 9.97 Å². The molecule has 0 aliphatic carbocycles. The summed E-state index contributed by atoms with van der Waals surface area (Å²) in [5, 5.41) is 0. The first-order valence-electron chi connectivity index (χ1n) is 6.46. The van der Waals surface area contributed by atoms with Crippen molar-refractivity contribution in [1.82, 2.24) is 9.97 Å². The van der Waals surface area contributed by atoms with Crippen LogP contribution in [0.5, 0.6) is 5.75 Å². The molecule has 114 valence electrons. The number of fused-ring (bicyclic) bond motifs is 1. The monoisotopic (exact) mass is 307 g/mol. The minimum atomic E-state index is -4.33. The maximum Gasteiger partial charge on any atom is 0.416 e. The van der Waals surface area contributed by atoms with Crippen LogP contribution in [0.2, 0.25) is 0 Å². The fraction of sp³-hybridized carbons (Fsp3) is 0.133. The van der Waals surface area contributed by atoms with Crippen LogP contribution < -0.4 is 10.5 Å². The van der Waals surface area contributed by atoms with Crippen molar-refractivity contribution < 1.29 is 17.9 Å². The fourth-order valence-corrected chi connectivity index (χ4v) is 2.05. The number of hydrogen-bond donors (Lipinski definition) is 2. The number of imidazole rings is 1. The molecule has 0 unspecified atom stereocenters. The van der Waals surface area contributed by atoms with Gasteiger partial charge in [0, 0.05) is 6.07 Å². The summed E-state index contributed by atoms with van der Waals surface area (Å²) in [6.45, 7) is 0.170. The predicted octanol–water partition coefficient (Wildman–Crippen LogP) is 3.74. The Labute approximate surface area is 123 Å². The van der Waals surface area contributed by atoms with Crippen molar-refractivity contribution in [3.05, 3.63) is 53.6 Å². The van der Waals surface area contributed by atoms with Crippen LogP contribution in [0.15, 0.2) is 42.5 Å². The van der Waals surface area contributed by atoms with Crippen molar-refractivity contribution in [2.24, 2.45) is 0 Å². The molecule has 0 atom stereocenters. The van der Waals surface area contributed by atoms with Gasteiger partial charge in [0.25, 0.3) is 0 Å². The highest BCUT2D eigenvalue weighted by atomic mass is 19.4. The van der Waals surface area contributed by atoms with Crippen LogP contribution in [-0.4, -0.2) is 9.97 Å². The summed E-state index contributed by atoms with van der Waals surface area (Å²) in [5.74, 6) is 0.883. The van der Waals surface area contributed by atoms with E-state index in [0.717, 1.165) is 17.6 Å². The van der Waals surface area contributed by atoms with Crippen LogP contribution in [0, 0.1) is 0 Å². The SMILES string of the molecule is Nc1nc2cc(OCc3ccc(C(F)(F)F)cc3)ccc2[nH]1. The maximum absolute atomic E-state index is 12.5. The second kappa shape index (κ2) is 5.25. The van der Waals surface area contributed by atoms with Crippen LogP contribution in [0.4, 0.5) is 19.1 Å².